The average molecular weight is 431 g/mol. The molecule has 0 aliphatic heterocycles. The Morgan fingerprint density at radius 1 is 0.906 bits per heavy atom. The molecule has 8 heteroatoms. The molecule has 0 spiro atoms. The smallest absolute Gasteiger partial charge is 0.205 e. The predicted octanol–water partition coefficient (Wildman–Crippen LogP) is 4.64. The molecule has 166 valence electrons. The van der Waals surface area contributed by atoms with E-state index in [9.17, 15) is 0 Å². The predicted molar refractivity (Wildman–Crippen MR) is 124 cm³/mol. The third-order valence-electron chi connectivity index (χ3n) is 5.50. The minimum Gasteiger partial charge on any atom is -0.256 e. The summed E-state index contributed by atoms with van der Waals surface area (Å²) in [6.45, 7) is 5.10. The monoisotopic (exact) mass is 430 g/mol. The van der Waals surface area contributed by atoms with Crippen LogP contribution >= 0.6 is 0 Å². The zero-order chi connectivity index (χ0) is 22.2. The summed E-state index contributed by atoms with van der Waals surface area (Å²) in [7, 11) is 0. The Labute approximate surface area is 188 Å². The number of pyridine rings is 1. The molecule has 1 N–H and O–H groups in total. The van der Waals surface area contributed by atoms with Gasteiger partial charge in [0.05, 0.1) is 12.2 Å². The summed E-state index contributed by atoms with van der Waals surface area (Å²) in [5.74, 6) is 2.60. The van der Waals surface area contributed by atoms with E-state index in [0.717, 1.165) is 66.1 Å². The fourth-order valence-electron chi connectivity index (χ4n) is 3.74. The molecule has 0 saturated carbocycles. The van der Waals surface area contributed by atoms with Crippen LogP contribution in [0, 0.1) is 0 Å². The number of aryl methyl sites for hydroxylation is 2. The molecule has 1 aromatic carbocycles. The lowest BCUT2D eigenvalue weighted by molar-refractivity contribution is 0.609. The van der Waals surface area contributed by atoms with Crippen LogP contribution in [0.5, 0.6) is 0 Å². The summed E-state index contributed by atoms with van der Waals surface area (Å²) in [6, 6.07) is 12.1. The quantitative estimate of drug-likeness (QED) is 0.348. The van der Waals surface area contributed by atoms with Gasteiger partial charge in [-0.2, -0.15) is 10.3 Å². The molecule has 0 unspecified atom stereocenters. The summed E-state index contributed by atoms with van der Waals surface area (Å²) >= 11 is 0. The number of H-pyrrole nitrogens is 1. The van der Waals surface area contributed by atoms with E-state index in [1.807, 2.05) is 36.5 Å². The van der Waals surface area contributed by atoms with Gasteiger partial charge >= 0.3 is 0 Å². The molecule has 0 saturated heterocycles. The minimum atomic E-state index is 0.560. The van der Waals surface area contributed by atoms with E-state index in [0.29, 0.717) is 12.4 Å². The van der Waals surface area contributed by atoms with Gasteiger partial charge in [0.2, 0.25) is 5.82 Å². The number of hydrogen-bond acceptors (Lipinski definition) is 6. The number of benzene rings is 1. The highest BCUT2D eigenvalue weighted by Crippen LogP contribution is 2.28. The van der Waals surface area contributed by atoms with Crippen LogP contribution in [-0.2, 0) is 19.4 Å². The van der Waals surface area contributed by atoms with Crippen LogP contribution in [0.1, 0.15) is 63.2 Å². The van der Waals surface area contributed by atoms with Crippen molar-refractivity contribution in [3.8, 4) is 22.6 Å². The molecule has 0 fully saturated rings. The first-order valence-corrected chi connectivity index (χ1v) is 11.5. The molecule has 0 amide bonds. The fraction of sp³-hybridized carbons (Fsp3) is 0.417. The highest BCUT2D eigenvalue weighted by Gasteiger charge is 2.13. The largest absolute Gasteiger partial charge is 0.256 e. The van der Waals surface area contributed by atoms with Crippen molar-refractivity contribution in [2.24, 2.45) is 0 Å². The first-order chi connectivity index (χ1) is 15.8. The third kappa shape index (κ3) is 5.25. The fourth-order valence-corrected chi connectivity index (χ4v) is 3.74. The van der Waals surface area contributed by atoms with E-state index in [-0.39, 0.29) is 0 Å². The lowest BCUT2D eigenvalue weighted by Gasteiger charge is -2.08. The van der Waals surface area contributed by atoms with Crippen molar-refractivity contribution in [3.05, 3.63) is 59.8 Å². The van der Waals surface area contributed by atoms with Crippen LogP contribution in [0.2, 0.25) is 0 Å². The number of nitrogens with zero attached hydrogens (tertiary/aromatic N) is 7. The van der Waals surface area contributed by atoms with E-state index in [1.54, 1.807) is 0 Å². The second-order valence-electron chi connectivity index (χ2n) is 8.00. The van der Waals surface area contributed by atoms with Gasteiger partial charge in [0.15, 0.2) is 5.82 Å². The lowest BCUT2D eigenvalue weighted by Crippen LogP contribution is -2.07. The van der Waals surface area contributed by atoms with E-state index < -0.39 is 0 Å². The zero-order valence-electron chi connectivity index (χ0n) is 18.8. The van der Waals surface area contributed by atoms with Gasteiger partial charge in [0.25, 0.3) is 0 Å². The molecule has 0 bridgehead atoms. The number of nitrogens with one attached hydrogen (secondary N) is 1. The molecule has 8 nitrogen and oxygen atoms in total. The molecule has 0 aliphatic rings. The topological polar surface area (TPSA) is 98.1 Å². The molecule has 4 rings (SSSR count). The van der Waals surface area contributed by atoms with Crippen molar-refractivity contribution in [1.82, 2.24) is 40.4 Å². The molecule has 32 heavy (non-hydrogen) atoms. The van der Waals surface area contributed by atoms with Crippen LogP contribution in [-0.4, -0.2) is 40.4 Å². The first kappa shape index (κ1) is 21.8. The second-order valence-corrected chi connectivity index (χ2v) is 8.00. The highest BCUT2D eigenvalue weighted by atomic mass is 15.5. The number of aromatic nitrogens is 8. The van der Waals surface area contributed by atoms with Crippen molar-refractivity contribution in [1.29, 1.82) is 0 Å². The van der Waals surface area contributed by atoms with Gasteiger partial charge in [-0.05, 0) is 29.7 Å². The Bertz CT molecular complexity index is 1100. The normalized spacial score (nSPS) is 11.2. The Hall–Kier alpha value is -3.42. The van der Waals surface area contributed by atoms with Gasteiger partial charge in [0.1, 0.15) is 5.82 Å². The van der Waals surface area contributed by atoms with Crippen LogP contribution < -0.4 is 0 Å². The van der Waals surface area contributed by atoms with Crippen LogP contribution in [0.4, 0.5) is 0 Å². The Morgan fingerprint density at radius 2 is 1.75 bits per heavy atom. The summed E-state index contributed by atoms with van der Waals surface area (Å²) in [5.41, 5.74) is 3.85. The molecule has 3 heterocycles. The number of aromatic amines is 1. The average Bonchev–Trinajstić information content (AvgIpc) is 3.49. The van der Waals surface area contributed by atoms with Crippen molar-refractivity contribution < 1.29 is 0 Å². The molecular formula is C24H30N8. The zero-order valence-corrected chi connectivity index (χ0v) is 18.8. The van der Waals surface area contributed by atoms with Gasteiger partial charge < -0.3 is 0 Å². The summed E-state index contributed by atoms with van der Waals surface area (Å²) in [6.07, 6.45) is 9.66. The maximum atomic E-state index is 4.83. The second kappa shape index (κ2) is 10.7. The van der Waals surface area contributed by atoms with E-state index in [4.69, 9.17) is 15.1 Å². The molecule has 0 aliphatic carbocycles. The van der Waals surface area contributed by atoms with Gasteiger partial charge in [-0.25, -0.2) is 9.67 Å². The van der Waals surface area contributed by atoms with Crippen molar-refractivity contribution in [2.45, 2.75) is 65.3 Å². The van der Waals surface area contributed by atoms with E-state index in [1.165, 1.54) is 12.8 Å². The number of hydrogen-bond donors (Lipinski definition) is 1. The number of unbranched alkanes of at least 4 members (excludes halogenated alkanes) is 3. The van der Waals surface area contributed by atoms with Crippen LogP contribution in [0.3, 0.4) is 0 Å². The van der Waals surface area contributed by atoms with Crippen molar-refractivity contribution in [2.75, 3.05) is 0 Å². The molecular weight excluding hydrogens is 400 g/mol. The molecule has 0 atom stereocenters. The van der Waals surface area contributed by atoms with Gasteiger partial charge in [-0.3, -0.25) is 4.98 Å². The Kier molecular flexibility index (Phi) is 7.32. The van der Waals surface area contributed by atoms with Crippen molar-refractivity contribution >= 4 is 0 Å². The van der Waals surface area contributed by atoms with Crippen LogP contribution in [0.25, 0.3) is 22.6 Å². The minimum absolute atomic E-state index is 0.560. The Morgan fingerprint density at radius 3 is 2.47 bits per heavy atom. The first-order valence-electron chi connectivity index (χ1n) is 11.5. The summed E-state index contributed by atoms with van der Waals surface area (Å²) in [4.78, 5) is 9.56. The number of tetrazole rings is 1. The van der Waals surface area contributed by atoms with Crippen LogP contribution in [0.15, 0.2) is 42.6 Å². The maximum absolute atomic E-state index is 4.83. The molecule has 3 aromatic heterocycles. The summed E-state index contributed by atoms with van der Waals surface area (Å²) < 4.78 is 2.06. The maximum Gasteiger partial charge on any atom is 0.205 e. The van der Waals surface area contributed by atoms with Gasteiger partial charge in [-0.1, -0.05) is 63.4 Å². The highest BCUT2D eigenvalue weighted by molar-refractivity contribution is 5.78. The van der Waals surface area contributed by atoms with Gasteiger partial charge in [0, 0.05) is 30.2 Å². The van der Waals surface area contributed by atoms with E-state index in [2.05, 4.69) is 45.2 Å². The molecule has 0 radical (unpaired) electrons. The van der Waals surface area contributed by atoms with Gasteiger partial charge in [-0.15, -0.1) is 10.2 Å². The SMILES string of the molecule is CCCCCc1nc(CCCC)n(Cc2ccc(-c3ccccc3-c3nn[nH]n3)nc2)n1. The molecule has 4 aromatic rings. The number of rotatable bonds is 11. The van der Waals surface area contributed by atoms with Crippen molar-refractivity contribution in [3.63, 3.8) is 0 Å². The lowest BCUT2D eigenvalue weighted by atomic mass is 10.0. The Balaban J connectivity index is 1.53. The van der Waals surface area contributed by atoms with E-state index >= 15 is 0 Å². The standard InChI is InChI=1S/C24H30N8/c1-3-5-7-12-22-26-23(13-6-4-2)32(29-22)17-18-14-15-21(25-16-18)19-10-8-9-11-20(19)24-27-30-31-28-24/h8-11,14-16H,3-7,12-13,17H2,1-2H3,(H,27,28,30,31). The third-order valence-corrected chi connectivity index (χ3v) is 5.50. The summed E-state index contributed by atoms with van der Waals surface area (Å²) in [5, 5.41) is 19.2.